The van der Waals surface area contributed by atoms with Crippen LogP contribution in [0.4, 0.5) is 0 Å². The quantitative estimate of drug-likeness (QED) is 0.730. The van der Waals surface area contributed by atoms with E-state index in [1.807, 2.05) is 18.2 Å². The Morgan fingerprint density at radius 1 is 1.26 bits per heavy atom. The number of aromatic amines is 2. The van der Waals surface area contributed by atoms with Gasteiger partial charge in [0, 0.05) is 24.1 Å². The lowest BCUT2D eigenvalue weighted by Gasteiger charge is -2.13. The maximum Gasteiger partial charge on any atom is 0.323 e. The highest BCUT2D eigenvalue weighted by atomic mass is 32.2. The van der Waals surface area contributed by atoms with Gasteiger partial charge in [0.25, 0.3) is 0 Å². The number of amidine groups is 1. The molecule has 0 bridgehead atoms. The molecule has 0 saturated heterocycles. The molecule has 0 saturated carbocycles. The van der Waals surface area contributed by atoms with E-state index in [2.05, 4.69) is 25.5 Å². The molecule has 0 unspecified atom stereocenters. The predicted octanol–water partition coefficient (Wildman–Crippen LogP) is 0.297. The molecule has 8 nitrogen and oxygen atoms in total. The molecule has 0 amide bonds. The first-order chi connectivity index (χ1) is 10.9. The lowest BCUT2D eigenvalue weighted by Crippen LogP contribution is -2.29. The number of rotatable bonds is 4. The van der Waals surface area contributed by atoms with E-state index >= 15 is 0 Å². The Labute approximate surface area is 136 Å². The first kappa shape index (κ1) is 15.8. The van der Waals surface area contributed by atoms with E-state index in [1.165, 1.54) is 18.0 Å². The number of sulfone groups is 1. The average molecular weight is 353 g/mol. The number of thioether (sulfide) groups is 1. The van der Waals surface area contributed by atoms with Gasteiger partial charge in [-0.1, -0.05) is 17.8 Å². The van der Waals surface area contributed by atoms with E-state index in [4.69, 9.17) is 0 Å². The third kappa shape index (κ3) is 4.02. The van der Waals surface area contributed by atoms with Crippen LogP contribution in [-0.4, -0.2) is 53.6 Å². The van der Waals surface area contributed by atoms with E-state index in [-0.39, 0.29) is 11.4 Å². The molecule has 2 heterocycles. The summed E-state index contributed by atoms with van der Waals surface area (Å²) in [5, 5.41) is 11.8. The minimum Gasteiger partial charge on any atom is -0.362 e. The average Bonchev–Trinajstić information content (AvgIpc) is 2.86. The number of hydrogen-bond acceptors (Lipinski definition) is 7. The number of H-pyrrole nitrogens is 2. The predicted molar refractivity (Wildman–Crippen MR) is 93.1 cm³/mol. The highest BCUT2D eigenvalue weighted by molar-refractivity contribution is 8.14. The van der Waals surface area contributed by atoms with Crippen LogP contribution in [0.2, 0.25) is 0 Å². The number of imidazole rings is 1. The summed E-state index contributed by atoms with van der Waals surface area (Å²) in [6.07, 6.45) is 1.20. The van der Waals surface area contributed by atoms with E-state index in [0.717, 1.165) is 22.3 Å². The molecule has 0 fully saturated rings. The molecule has 2 aromatic rings. The Balaban J connectivity index is 1.72. The molecule has 3 rings (SSSR count). The Morgan fingerprint density at radius 3 is 2.74 bits per heavy atom. The highest BCUT2D eigenvalue weighted by Crippen LogP contribution is 2.17. The number of hydrogen-bond donors (Lipinski definition) is 3. The van der Waals surface area contributed by atoms with Crippen LogP contribution in [0, 0.1) is 0 Å². The Bertz CT molecular complexity index is 955. The molecule has 0 spiro atoms. The van der Waals surface area contributed by atoms with E-state index in [1.54, 1.807) is 0 Å². The van der Waals surface area contributed by atoms with Crippen molar-refractivity contribution in [2.24, 2.45) is 10.2 Å². The van der Waals surface area contributed by atoms with Crippen LogP contribution in [0.1, 0.15) is 5.56 Å². The Kier molecular flexibility index (Phi) is 4.26. The van der Waals surface area contributed by atoms with Crippen LogP contribution in [0.25, 0.3) is 11.0 Å². The number of fused-ring (bicyclic) bond motifs is 1. The summed E-state index contributed by atoms with van der Waals surface area (Å²) < 4.78 is 22.2. The van der Waals surface area contributed by atoms with Crippen molar-refractivity contribution in [2.45, 2.75) is 0 Å². The maximum absolute atomic E-state index is 11.3. The SMILES string of the molecule is CS(=O)(=O)CCNC1=NN=C(c2ccc3[nH]c(=O)[nH]c3c2)CS1. The van der Waals surface area contributed by atoms with E-state index < -0.39 is 9.84 Å². The lowest BCUT2D eigenvalue weighted by molar-refractivity contribution is 0.600. The van der Waals surface area contributed by atoms with Crippen molar-refractivity contribution >= 4 is 43.5 Å². The van der Waals surface area contributed by atoms with Gasteiger partial charge < -0.3 is 15.3 Å². The van der Waals surface area contributed by atoms with Crippen molar-refractivity contribution in [3.05, 3.63) is 34.2 Å². The minimum absolute atomic E-state index is 0.0562. The lowest BCUT2D eigenvalue weighted by atomic mass is 10.1. The van der Waals surface area contributed by atoms with Crippen LogP contribution in [0.3, 0.4) is 0 Å². The zero-order valence-electron chi connectivity index (χ0n) is 12.3. The van der Waals surface area contributed by atoms with E-state index in [0.29, 0.717) is 17.5 Å². The third-order valence-electron chi connectivity index (χ3n) is 3.21. The summed E-state index contributed by atoms with van der Waals surface area (Å²) in [4.78, 5) is 16.7. The molecule has 23 heavy (non-hydrogen) atoms. The molecule has 122 valence electrons. The van der Waals surface area contributed by atoms with Crippen LogP contribution < -0.4 is 11.0 Å². The molecule has 1 aromatic carbocycles. The topological polar surface area (TPSA) is 120 Å². The molecule has 0 atom stereocenters. The third-order valence-corrected chi connectivity index (χ3v) is 5.07. The van der Waals surface area contributed by atoms with Crippen LogP contribution >= 0.6 is 11.8 Å². The van der Waals surface area contributed by atoms with Crippen molar-refractivity contribution < 1.29 is 8.42 Å². The number of aromatic nitrogens is 2. The molecule has 0 radical (unpaired) electrons. The van der Waals surface area contributed by atoms with E-state index in [9.17, 15) is 13.2 Å². The minimum atomic E-state index is -2.99. The first-order valence-corrected chi connectivity index (χ1v) is 9.87. The smallest absolute Gasteiger partial charge is 0.323 e. The summed E-state index contributed by atoms with van der Waals surface area (Å²) in [6.45, 7) is 0.312. The van der Waals surface area contributed by atoms with Gasteiger partial charge in [0.1, 0.15) is 9.84 Å². The normalized spacial score (nSPS) is 15.3. The summed E-state index contributed by atoms with van der Waals surface area (Å²) in [6, 6.07) is 5.55. The fourth-order valence-corrected chi connectivity index (χ4v) is 3.36. The van der Waals surface area contributed by atoms with Gasteiger partial charge in [0.15, 0.2) is 5.17 Å². The first-order valence-electron chi connectivity index (χ1n) is 6.82. The van der Waals surface area contributed by atoms with Crippen LogP contribution in [0.5, 0.6) is 0 Å². The van der Waals surface area contributed by atoms with Crippen LogP contribution in [-0.2, 0) is 9.84 Å². The van der Waals surface area contributed by atoms with Gasteiger partial charge in [-0.2, -0.15) is 5.10 Å². The van der Waals surface area contributed by atoms with Gasteiger partial charge in [-0.3, -0.25) is 0 Å². The molecule has 1 aromatic heterocycles. The second kappa shape index (κ2) is 6.20. The maximum atomic E-state index is 11.3. The van der Waals surface area contributed by atoms with Crippen molar-refractivity contribution in [3.63, 3.8) is 0 Å². The number of nitrogens with zero attached hydrogens (tertiary/aromatic N) is 2. The molecule has 0 aliphatic carbocycles. The molecule has 1 aliphatic rings. The summed E-state index contributed by atoms with van der Waals surface area (Å²) in [5.74, 6) is 0.672. The van der Waals surface area contributed by atoms with Gasteiger partial charge in [-0.05, 0) is 12.1 Å². The molecule has 10 heteroatoms. The fourth-order valence-electron chi connectivity index (χ4n) is 2.08. The number of benzene rings is 1. The second-order valence-electron chi connectivity index (χ2n) is 5.14. The Morgan fingerprint density at radius 2 is 2.04 bits per heavy atom. The zero-order valence-corrected chi connectivity index (χ0v) is 13.9. The van der Waals surface area contributed by atoms with Gasteiger partial charge in [-0.25, -0.2) is 13.2 Å². The second-order valence-corrected chi connectivity index (χ2v) is 8.36. The largest absolute Gasteiger partial charge is 0.362 e. The summed E-state index contributed by atoms with van der Waals surface area (Å²) in [7, 11) is -2.99. The van der Waals surface area contributed by atoms with Crippen LogP contribution in [0.15, 0.2) is 33.2 Å². The Hall–Kier alpha value is -2.07. The number of nitrogens with one attached hydrogen (secondary N) is 3. The van der Waals surface area contributed by atoms with Gasteiger partial charge >= 0.3 is 5.69 Å². The monoisotopic (exact) mass is 353 g/mol. The van der Waals surface area contributed by atoms with Crippen molar-refractivity contribution in [1.29, 1.82) is 0 Å². The standard InChI is InChI=1S/C13H15N5O3S2/c1-23(20,21)5-4-14-13-18-17-11(7-22-13)8-2-3-9-10(6-8)16-12(19)15-9/h2-3,6H,4-5,7H2,1H3,(H,14,18)(H2,15,16,19). The fraction of sp³-hybridized carbons (Fsp3) is 0.308. The molecule has 1 aliphatic heterocycles. The molecular formula is C13H15N5O3S2. The highest BCUT2D eigenvalue weighted by Gasteiger charge is 2.13. The molecular weight excluding hydrogens is 338 g/mol. The summed E-state index contributed by atoms with van der Waals surface area (Å²) >= 11 is 1.46. The van der Waals surface area contributed by atoms with Crippen molar-refractivity contribution in [2.75, 3.05) is 24.3 Å². The van der Waals surface area contributed by atoms with Crippen molar-refractivity contribution in [3.8, 4) is 0 Å². The zero-order chi connectivity index (χ0) is 16.4. The van der Waals surface area contributed by atoms with Crippen molar-refractivity contribution in [1.82, 2.24) is 15.3 Å². The summed E-state index contributed by atoms with van der Waals surface area (Å²) in [5.41, 5.74) is 2.91. The van der Waals surface area contributed by atoms with Gasteiger partial charge in [-0.15, -0.1) is 5.10 Å². The molecule has 3 N–H and O–H groups in total. The van der Waals surface area contributed by atoms with Gasteiger partial charge in [0.05, 0.1) is 22.5 Å². The van der Waals surface area contributed by atoms with Gasteiger partial charge in [0.2, 0.25) is 0 Å².